The van der Waals surface area contributed by atoms with E-state index in [1.54, 1.807) is 13.0 Å². The number of allylic oxidation sites excluding steroid dienone is 4. The molecule has 0 amide bonds. The lowest BCUT2D eigenvalue weighted by molar-refractivity contribution is -0.431. The molecule has 0 aromatic carbocycles. The molecule has 7 nitrogen and oxygen atoms in total. The van der Waals surface area contributed by atoms with E-state index < -0.39 is 9.85 Å². The lowest BCUT2D eigenvalue weighted by Crippen LogP contribution is -2.01. The minimum atomic E-state index is -0.499. The second-order valence-electron chi connectivity index (χ2n) is 5.64. The Morgan fingerprint density at radius 1 is 0.880 bits per heavy atom. The number of nitro groups is 2. The number of unbranched alkanes of at least 4 members (excludes halogenated alkanes) is 6. The molecule has 0 aliphatic carbocycles. The Bertz CT molecular complexity index is 510. The predicted octanol–water partition coefficient (Wildman–Crippen LogP) is 4.89. The predicted molar refractivity (Wildman–Crippen MR) is 96.8 cm³/mol. The third-order valence-electron chi connectivity index (χ3n) is 3.60. The topological polar surface area (TPSA) is 103 Å². The third kappa shape index (κ3) is 12.7. The Morgan fingerprint density at radius 2 is 1.48 bits per heavy atom. The summed E-state index contributed by atoms with van der Waals surface area (Å²) >= 11 is 0. The van der Waals surface area contributed by atoms with Crippen LogP contribution in [0.1, 0.15) is 71.1 Å². The van der Waals surface area contributed by atoms with Gasteiger partial charge in [0.1, 0.15) is 0 Å². The van der Waals surface area contributed by atoms with Gasteiger partial charge >= 0.3 is 0 Å². The quantitative estimate of drug-likeness (QED) is 0.181. The summed E-state index contributed by atoms with van der Waals surface area (Å²) in [6.07, 6.45) is 15.4. The zero-order valence-corrected chi connectivity index (χ0v) is 14.8. The van der Waals surface area contributed by atoms with Gasteiger partial charge in [0.05, 0.1) is 22.7 Å². The van der Waals surface area contributed by atoms with Crippen LogP contribution < -0.4 is 0 Å². The van der Waals surface area contributed by atoms with E-state index in [0.29, 0.717) is 12.8 Å². The van der Waals surface area contributed by atoms with E-state index in [2.05, 4.69) is 0 Å². The Morgan fingerprint density at radius 3 is 2.08 bits per heavy atom. The number of hydrogen-bond donors (Lipinski definition) is 0. The first-order valence-electron chi connectivity index (χ1n) is 8.69. The lowest BCUT2D eigenvalue weighted by atomic mass is 10.1. The minimum Gasteiger partial charge on any atom is -0.291 e. The molecule has 0 bridgehead atoms. The summed E-state index contributed by atoms with van der Waals surface area (Å²) in [6, 6.07) is 0. The zero-order valence-electron chi connectivity index (χ0n) is 14.8. The largest absolute Gasteiger partial charge is 0.291 e. The van der Waals surface area contributed by atoms with Gasteiger partial charge in [0.15, 0.2) is 6.29 Å². The van der Waals surface area contributed by atoms with E-state index in [-0.39, 0.29) is 24.2 Å². The Balaban J connectivity index is 4.20. The molecular weight excluding hydrogens is 324 g/mol. The summed E-state index contributed by atoms with van der Waals surface area (Å²) in [6.45, 7) is 1.78. The van der Waals surface area contributed by atoms with E-state index >= 15 is 0 Å². The Hall–Kier alpha value is -2.31. The number of carbonyl (C=O) groups excluding carboxylic acids is 1. The maximum absolute atomic E-state index is 11.0. The zero-order chi connectivity index (χ0) is 18.9. The van der Waals surface area contributed by atoms with Gasteiger partial charge < -0.3 is 0 Å². The molecule has 25 heavy (non-hydrogen) atoms. The van der Waals surface area contributed by atoms with Gasteiger partial charge in [-0.1, -0.05) is 38.3 Å². The first kappa shape index (κ1) is 22.7. The van der Waals surface area contributed by atoms with Crippen LogP contribution in [-0.2, 0) is 4.79 Å². The summed E-state index contributed by atoms with van der Waals surface area (Å²) in [7, 11) is 0. The maximum Gasteiger partial charge on any atom is 0.246 e. The molecule has 0 aliphatic rings. The van der Waals surface area contributed by atoms with Crippen LogP contribution >= 0.6 is 0 Å². The summed E-state index contributed by atoms with van der Waals surface area (Å²) in [4.78, 5) is 30.9. The molecule has 0 aromatic rings. The summed E-state index contributed by atoms with van der Waals surface area (Å²) in [5.74, 6) is 0. The van der Waals surface area contributed by atoms with Crippen LogP contribution in [0.15, 0.2) is 35.7 Å². The first-order valence-corrected chi connectivity index (χ1v) is 8.69. The number of nitrogens with zero attached hydrogens (tertiary/aromatic N) is 2. The van der Waals surface area contributed by atoms with Crippen molar-refractivity contribution in [2.24, 2.45) is 0 Å². The van der Waals surface area contributed by atoms with E-state index in [1.807, 2.05) is 12.4 Å². The molecule has 0 saturated carbocycles. The summed E-state index contributed by atoms with van der Waals surface area (Å²) in [5, 5.41) is 21.8. The van der Waals surface area contributed by atoms with Gasteiger partial charge in [-0.15, -0.1) is 0 Å². The molecule has 0 fully saturated rings. The SMILES string of the molecule is CC/C=C(\C/C=C(\C/C=C\CCCCCCC[C]=O)[N+](=O)[O-])[N+](=O)[O-]. The van der Waals surface area contributed by atoms with Gasteiger partial charge in [0, 0.05) is 6.42 Å². The molecule has 0 heterocycles. The monoisotopic (exact) mass is 351 g/mol. The highest BCUT2D eigenvalue weighted by Gasteiger charge is 2.13. The minimum absolute atomic E-state index is 0.0157. The van der Waals surface area contributed by atoms with Crippen molar-refractivity contribution in [2.75, 3.05) is 0 Å². The molecule has 139 valence electrons. The van der Waals surface area contributed by atoms with Crippen LogP contribution in [-0.4, -0.2) is 16.1 Å². The molecule has 0 saturated heterocycles. The van der Waals surface area contributed by atoms with Crippen molar-refractivity contribution in [3.05, 3.63) is 55.9 Å². The van der Waals surface area contributed by atoms with Gasteiger partial charge in [-0.2, -0.15) is 0 Å². The smallest absolute Gasteiger partial charge is 0.246 e. The van der Waals surface area contributed by atoms with Crippen molar-refractivity contribution in [1.29, 1.82) is 0 Å². The Kier molecular flexibility index (Phi) is 13.8. The van der Waals surface area contributed by atoms with Gasteiger partial charge in [0.2, 0.25) is 11.4 Å². The standard InChI is InChI=1S/C18H27N2O5/c1-2-12-17(19(22)23)14-15-18(20(24)25)13-10-8-6-4-3-5-7-9-11-16-21/h8,10,12,15H,2-7,9,11,13-14H2,1H3/b10-8-,17-12+,18-15+. The molecule has 0 spiro atoms. The molecule has 0 rings (SSSR count). The van der Waals surface area contributed by atoms with E-state index in [0.717, 1.165) is 38.5 Å². The molecule has 1 radical (unpaired) electrons. The van der Waals surface area contributed by atoms with Crippen molar-refractivity contribution in [2.45, 2.75) is 71.1 Å². The third-order valence-corrected chi connectivity index (χ3v) is 3.60. The van der Waals surface area contributed by atoms with Gasteiger partial charge in [-0.3, -0.25) is 25.0 Å². The molecule has 0 N–H and O–H groups in total. The highest BCUT2D eigenvalue weighted by molar-refractivity contribution is 5.50. The van der Waals surface area contributed by atoms with E-state index in [1.165, 1.54) is 12.2 Å². The fourth-order valence-electron chi connectivity index (χ4n) is 2.23. The first-order chi connectivity index (χ1) is 12.0. The lowest BCUT2D eigenvalue weighted by Gasteiger charge is -1.98. The average molecular weight is 351 g/mol. The molecule has 0 unspecified atom stereocenters. The van der Waals surface area contributed by atoms with E-state index in [4.69, 9.17) is 0 Å². The molecule has 0 atom stereocenters. The average Bonchev–Trinajstić information content (AvgIpc) is 2.57. The normalized spacial score (nSPS) is 12.5. The van der Waals surface area contributed by atoms with Crippen molar-refractivity contribution < 1.29 is 14.6 Å². The second-order valence-corrected chi connectivity index (χ2v) is 5.64. The number of hydrogen-bond acceptors (Lipinski definition) is 5. The van der Waals surface area contributed by atoms with Gasteiger partial charge in [-0.05, 0) is 37.8 Å². The van der Waals surface area contributed by atoms with Crippen LogP contribution in [0.4, 0.5) is 0 Å². The molecular formula is C18H27N2O5. The van der Waals surface area contributed by atoms with Crippen LogP contribution in [0.5, 0.6) is 0 Å². The van der Waals surface area contributed by atoms with Crippen molar-refractivity contribution in [3.63, 3.8) is 0 Å². The number of rotatable bonds is 15. The molecule has 0 aliphatic heterocycles. The molecule has 0 aromatic heterocycles. The summed E-state index contributed by atoms with van der Waals surface area (Å²) < 4.78 is 0. The fraction of sp³-hybridized carbons (Fsp3) is 0.611. The van der Waals surface area contributed by atoms with Crippen LogP contribution in [0, 0.1) is 20.2 Å². The van der Waals surface area contributed by atoms with Crippen LogP contribution in [0.3, 0.4) is 0 Å². The van der Waals surface area contributed by atoms with Crippen molar-refractivity contribution in [1.82, 2.24) is 0 Å². The maximum atomic E-state index is 11.0. The highest BCUT2D eigenvalue weighted by atomic mass is 16.6. The van der Waals surface area contributed by atoms with Gasteiger partial charge in [-0.25, -0.2) is 0 Å². The fourth-order valence-corrected chi connectivity index (χ4v) is 2.23. The van der Waals surface area contributed by atoms with Crippen LogP contribution in [0.2, 0.25) is 0 Å². The molecule has 7 heteroatoms. The highest BCUT2D eigenvalue weighted by Crippen LogP contribution is 2.12. The van der Waals surface area contributed by atoms with Gasteiger partial charge in [0.25, 0.3) is 0 Å². The Labute approximate surface area is 148 Å². The second kappa shape index (κ2) is 15.2. The summed E-state index contributed by atoms with van der Waals surface area (Å²) in [5.41, 5.74) is -0.0387. The van der Waals surface area contributed by atoms with Crippen molar-refractivity contribution in [3.8, 4) is 0 Å². The van der Waals surface area contributed by atoms with E-state index in [9.17, 15) is 25.0 Å². The van der Waals surface area contributed by atoms with Crippen molar-refractivity contribution >= 4 is 6.29 Å². The van der Waals surface area contributed by atoms with Crippen LogP contribution in [0.25, 0.3) is 0 Å².